The SMILES string of the molecule is Cc1nc(C(C)(C)C)oc1CCCNC(=O)C12CC3CC(CC(C3)C1)C2. The molecule has 1 amide bonds. The first kappa shape index (κ1) is 18.1. The first-order chi connectivity index (χ1) is 12.2. The van der Waals surface area contributed by atoms with Crippen molar-refractivity contribution in [3.8, 4) is 0 Å². The van der Waals surface area contributed by atoms with E-state index in [1.54, 1.807) is 0 Å². The van der Waals surface area contributed by atoms with Crippen LogP contribution in [0.2, 0.25) is 0 Å². The van der Waals surface area contributed by atoms with Crippen molar-refractivity contribution < 1.29 is 9.21 Å². The van der Waals surface area contributed by atoms with Gasteiger partial charge in [-0.2, -0.15) is 0 Å². The fourth-order valence-electron chi connectivity index (χ4n) is 6.01. The third kappa shape index (κ3) is 3.32. The molecule has 1 aromatic rings. The van der Waals surface area contributed by atoms with Gasteiger partial charge < -0.3 is 9.73 Å². The Morgan fingerprint density at radius 3 is 2.23 bits per heavy atom. The highest BCUT2D eigenvalue weighted by Gasteiger charge is 2.54. The van der Waals surface area contributed by atoms with Crippen LogP contribution in [0.25, 0.3) is 0 Å². The van der Waals surface area contributed by atoms with Crippen LogP contribution >= 0.6 is 0 Å². The van der Waals surface area contributed by atoms with Crippen molar-refractivity contribution in [1.82, 2.24) is 10.3 Å². The highest BCUT2D eigenvalue weighted by molar-refractivity contribution is 5.83. The van der Waals surface area contributed by atoms with Crippen LogP contribution in [0.3, 0.4) is 0 Å². The maximum absolute atomic E-state index is 13.0. The third-order valence-corrected chi connectivity index (χ3v) is 6.92. The molecule has 0 unspecified atom stereocenters. The zero-order valence-electron chi connectivity index (χ0n) is 16.9. The summed E-state index contributed by atoms with van der Waals surface area (Å²) in [6.07, 6.45) is 9.32. The van der Waals surface area contributed by atoms with E-state index in [2.05, 4.69) is 31.1 Å². The van der Waals surface area contributed by atoms with Crippen LogP contribution < -0.4 is 5.32 Å². The van der Waals surface area contributed by atoms with Crippen LogP contribution in [0.4, 0.5) is 0 Å². The minimum absolute atomic E-state index is 0.0314. The lowest BCUT2D eigenvalue weighted by Crippen LogP contribution is -2.53. The maximum Gasteiger partial charge on any atom is 0.226 e. The molecule has 4 fully saturated rings. The Kier molecular flexibility index (Phi) is 4.44. The lowest BCUT2D eigenvalue weighted by atomic mass is 9.49. The Morgan fingerprint density at radius 1 is 1.15 bits per heavy atom. The van der Waals surface area contributed by atoms with E-state index in [0.29, 0.717) is 5.91 Å². The van der Waals surface area contributed by atoms with Crippen LogP contribution in [-0.2, 0) is 16.6 Å². The summed E-state index contributed by atoms with van der Waals surface area (Å²) in [5.41, 5.74) is 0.897. The van der Waals surface area contributed by atoms with Crippen LogP contribution in [0.1, 0.15) is 83.1 Å². The quantitative estimate of drug-likeness (QED) is 0.786. The second kappa shape index (κ2) is 6.38. The van der Waals surface area contributed by atoms with Gasteiger partial charge in [-0.1, -0.05) is 20.8 Å². The van der Waals surface area contributed by atoms with Crippen molar-refractivity contribution in [2.24, 2.45) is 23.2 Å². The first-order valence-corrected chi connectivity index (χ1v) is 10.5. The molecule has 4 saturated carbocycles. The summed E-state index contributed by atoms with van der Waals surface area (Å²) < 4.78 is 5.96. The molecule has 0 aromatic carbocycles. The molecule has 4 nitrogen and oxygen atoms in total. The highest BCUT2D eigenvalue weighted by Crippen LogP contribution is 2.60. The number of aromatic nitrogens is 1. The number of carbonyl (C=O) groups excluding carboxylic acids is 1. The number of rotatable bonds is 5. The summed E-state index contributed by atoms with van der Waals surface area (Å²) in [6.45, 7) is 9.11. The monoisotopic (exact) mass is 358 g/mol. The van der Waals surface area contributed by atoms with E-state index in [-0.39, 0.29) is 10.8 Å². The number of hydrogen-bond donors (Lipinski definition) is 1. The number of carbonyl (C=O) groups is 1. The van der Waals surface area contributed by atoms with Crippen LogP contribution in [-0.4, -0.2) is 17.4 Å². The van der Waals surface area contributed by atoms with Crippen molar-refractivity contribution in [2.45, 2.75) is 84.5 Å². The zero-order chi connectivity index (χ0) is 18.5. The standard InChI is InChI=1S/C22H34N2O2/c1-14-18(26-20(24-14)21(2,3)4)6-5-7-23-19(25)22-11-15-8-16(12-22)10-17(9-15)13-22/h15-17H,5-13H2,1-4H3,(H,23,25). The second-order valence-corrected chi connectivity index (χ2v) is 10.3. The molecule has 4 aliphatic rings. The first-order valence-electron chi connectivity index (χ1n) is 10.5. The van der Waals surface area contributed by atoms with Gasteiger partial charge in [0.1, 0.15) is 5.76 Å². The average Bonchev–Trinajstić information content (AvgIpc) is 2.91. The van der Waals surface area contributed by atoms with E-state index in [4.69, 9.17) is 4.42 Å². The summed E-state index contributed by atoms with van der Waals surface area (Å²) in [4.78, 5) is 17.5. The third-order valence-electron chi connectivity index (χ3n) is 6.92. The zero-order valence-corrected chi connectivity index (χ0v) is 16.9. The summed E-state index contributed by atoms with van der Waals surface area (Å²) in [6, 6.07) is 0. The van der Waals surface area contributed by atoms with E-state index < -0.39 is 0 Å². The van der Waals surface area contributed by atoms with Crippen molar-refractivity contribution in [3.63, 3.8) is 0 Å². The smallest absolute Gasteiger partial charge is 0.226 e. The van der Waals surface area contributed by atoms with Gasteiger partial charge in [-0.15, -0.1) is 0 Å². The molecule has 144 valence electrons. The Labute approximate surface area is 157 Å². The molecule has 1 heterocycles. The van der Waals surface area contributed by atoms with Gasteiger partial charge >= 0.3 is 0 Å². The van der Waals surface area contributed by atoms with E-state index in [0.717, 1.165) is 73.7 Å². The van der Waals surface area contributed by atoms with E-state index in [1.807, 2.05) is 6.92 Å². The van der Waals surface area contributed by atoms with Crippen LogP contribution in [0.5, 0.6) is 0 Å². The van der Waals surface area contributed by atoms with Gasteiger partial charge in [-0.05, 0) is 69.6 Å². The number of nitrogens with zero attached hydrogens (tertiary/aromatic N) is 1. The van der Waals surface area contributed by atoms with Gasteiger partial charge in [-0.25, -0.2) is 4.98 Å². The summed E-state index contributed by atoms with van der Waals surface area (Å²) in [7, 11) is 0. The normalized spacial score (nSPS) is 32.8. The van der Waals surface area contributed by atoms with Gasteiger partial charge in [0.25, 0.3) is 0 Å². The van der Waals surface area contributed by atoms with E-state index in [1.165, 1.54) is 19.3 Å². The predicted molar refractivity (Wildman–Crippen MR) is 102 cm³/mol. The number of oxazole rings is 1. The molecule has 0 atom stereocenters. The highest BCUT2D eigenvalue weighted by atomic mass is 16.4. The van der Waals surface area contributed by atoms with E-state index in [9.17, 15) is 4.79 Å². The fraction of sp³-hybridized carbons (Fsp3) is 0.818. The molecule has 0 spiro atoms. The molecule has 5 rings (SSSR count). The molecule has 0 radical (unpaired) electrons. The van der Waals surface area contributed by atoms with Crippen LogP contribution in [0.15, 0.2) is 4.42 Å². The summed E-state index contributed by atoms with van der Waals surface area (Å²) >= 11 is 0. The Morgan fingerprint density at radius 2 is 1.73 bits per heavy atom. The van der Waals surface area contributed by atoms with E-state index >= 15 is 0 Å². The summed E-state index contributed by atoms with van der Waals surface area (Å²) in [5.74, 6) is 4.57. The predicted octanol–water partition coefficient (Wildman–Crippen LogP) is 4.55. The molecule has 0 saturated heterocycles. The van der Waals surface area contributed by atoms with Gasteiger partial charge in [-0.3, -0.25) is 4.79 Å². The Bertz CT molecular complexity index is 648. The Hall–Kier alpha value is -1.32. The van der Waals surface area contributed by atoms with Gasteiger partial charge in [0.2, 0.25) is 5.91 Å². The van der Waals surface area contributed by atoms with Gasteiger partial charge in [0.15, 0.2) is 5.89 Å². The minimum atomic E-state index is -0.0598. The molecule has 1 N–H and O–H groups in total. The minimum Gasteiger partial charge on any atom is -0.445 e. The topological polar surface area (TPSA) is 55.1 Å². The number of aryl methyl sites for hydroxylation is 2. The van der Waals surface area contributed by atoms with Crippen molar-refractivity contribution in [1.29, 1.82) is 0 Å². The van der Waals surface area contributed by atoms with Crippen molar-refractivity contribution in [2.75, 3.05) is 6.54 Å². The van der Waals surface area contributed by atoms with Crippen LogP contribution in [0, 0.1) is 30.1 Å². The van der Waals surface area contributed by atoms with Gasteiger partial charge in [0, 0.05) is 23.8 Å². The number of amides is 1. The average molecular weight is 359 g/mol. The Balaban J connectivity index is 1.29. The molecule has 26 heavy (non-hydrogen) atoms. The lowest BCUT2D eigenvalue weighted by Gasteiger charge is -2.55. The number of nitrogens with one attached hydrogen (secondary N) is 1. The molecule has 0 aliphatic heterocycles. The largest absolute Gasteiger partial charge is 0.445 e. The molecule has 4 heteroatoms. The maximum atomic E-state index is 13.0. The molecule has 4 aliphatic carbocycles. The summed E-state index contributed by atoms with van der Waals surface area (Å²) in [5, 5.41) is 3.27. The lowest BCUT2D eigenvalue weighted by molar-refractivity contribution is -0.146. The molecule has 4 bridgehead atoms. The second-order valence-electron chi connectivity index (χ2n) is 10.3. The molecule has 1 aromatic heterocycles. The molecular formula is C22H34N2O2. The van der Waals surface area contributed by atoms with Crippen molar-refractivity contribution in [3.05, 3.63) is 17.3 Å². The molecular weight excluding hydrogens is 324 g/mol. The number of hydrogen-bond acceptors (Lipinski definition) is 3. The van der Waals surface area contributed by atoms with Gasteiger partial charge in [0.05, 0.1) is 5.69 Å². The fourth-order valence-corrected chi connectivity index (χ4v) is 6.01. The van der Waals surface area contributed by atoms with Crippen molar-refractivity contribution >= 4 is 5.91 Å².